The van der Waals surface area contributed by atoms with E-state index in [0.29, 0.717) is 0 Å². The minimum Gasteiger partial charge on any atom is -0.456 e. The lowest BCUT2D eigenvalue weighted by molar-refractivity contribution is 0.559. The van der Waals surface area contributed by atoms with Crippen molar-refractivity contribution in [3.63, 3.8) is 0 Å². The number of benzene rings is 2. The highest BCUT2D eigenvalue weighted by molar-refractivity contribution is 6.06. The molecule has 0 spiro atoms. The molecule has 0 aliphatic carbocycles. The number of rotatable bonds is 0. The lowest BCUT2D eigenvalue weighted by Crippen LogP contribution is -2.16. The van der Waals surface area contributed by atoms with Crippen molar-refractivity contribution in [2.24, 2.45) is 0 Å². The van der Waals surface area contributed by atoms with Crippen molar-refractivity contribution >= 4 is 21.9 Å². The summed E-state index contributed by atoms with van der Waals surface area (Å²) in [6.07, 6.45) is 0. The summed E-state index contributed by atoms with van der Waals surface area (Å²) in [6.45, 7) is 20.4. The molecule has 1 nitrogen and oxygen atoms in total. The Morgan fingerprint density at radius 2 is 1.16 bits per heavy atom. The molecule has 3 rings (SSSR count). The molecule has 0 atom stereocenters. The molecule has 2 aromatic carbocycles. The first-order chi connectivity index (χ1) is 11.3. The molecule has 0 fully saturated rings. The predicted molar refractivity (Wildman–Crippen MR) is 110 cm³/mol. The summed E-state index contributed by atoms with van der Waals surface area (Å²) in [5.41, 5.74) is 6.32. The second kappa shape index (κ2) is 5.37. The van der Waals surface area contributed by atoms with E-state index in [0.717, 1.165) is 11.2 Å². The van der Waals surface area contributed by atoms with Crippen LogP contribution in [-0.2, 0) is 16.2 Å². The lowest BCUT2D eigenvalue weighted by atomic mass is 9.79. The first-order valence-corrected chi connectivity index (χ1v) is 9.30. The minimum absolute atomic E-state index is 0.0419. The van der Waals surface area contributed by atoms with Gasteiger partial charge in [-0.2, -0.15) is 0 Å². The molecule has 25 heavy (non-hydrogen) atoms. The average Bonchev–Trinajstić information content (AvgIpc) is 2.80. The fourth-order valence-corrected chi connectivity index (χ4v) is 3.33. The smallest absolute Gasteiger partial charge is 0.139 e. The van der Waals surface area contributed by atoms with Crippen LogP contribution in [0.15, 0.2) is 34.7 Å². The van der Waals surface area contributed by atoms with Crippen molar-refractivity contribution in [3.8, 4) is 0 Å². The predicted octanol–water partition coefficient (Wildman–Crippen LogP) is 7.48. The molecule has 0 amide bonds. The van der Waals surface area contributed by atoms with Crippen molar-refractivity contribution < 1.29 is 4.42 Å². The van der Waals surface area contributed by atoms with Gasteiger partial charge in [0.2, 0.25) is 0 Å². The van der Waals surface area contributed by atoms with Crippen LogP contribution in [0.3, 0.4) is 0 Å². The molecule has 0 aliphatic rings. The van der Waals surface area contributed by atoms with Gasteiger partial charge in [-0.1, -0.05) is 74.4 Å². The molecule has 0 radical (unpaired) electrons. The van der Waals surface area contributed by atoms with Crippen LogP contribution >= 0.6 is 0 Å². The van der Waals surface area contributed by atoms with E-state index in [1.165, 1.54) is 27.5 Å². The van der Waals surface area contributed by atoms with E-state index < -0.39 is 0 Å². The van der Waals surface area contributed by atoms with Crippen LogP contribution in [0.5, 0.6) is 0 Å². The van der Waals surface area contributed by atoms with Gasteiger partial charge in [0.05, 0.1) is 0 Å². The summed E-state index contributed by atoms with van der Waals surface area (Å²) in [7, 11) is 0. The van der Waals surface area contributed by atoms with Crippen LogP contribution in [0.1, 0.15) is 79.0 Å². The van der Waals surface area contributed by atoms with Gasteiger partial charge in [-0.25, -0.2) is 0 Å². The zero-order valence-electron chi connectivity index (χ0n) is 17.3. The van der Waals surface area contributed by atoms with Crippen molar-refractivity contribution in [3.05, 3.63) is 47.0 Å². The van der Waals surface area contributed by atoms with Gasteiger partial charge >= 0.3 is 0 Å². The third kappa shape index (κ3) is 3.21. The third-order valence-electron chi connectivity index (χ3n) is 5.11. The Morgan fingerprint density at radius 1 is 0.600 bits per heavy atom. The van der Waals surface area contributed by atoms with Crippen LogP contribution < -0.4 is 0 Å². The summed E-state index contributed by atoms with van der Waals surface area (Å²) in [5, 5.41) is 2.48. The van der Waals surface area contributed by atoms with E-state index in [1.807, 2.05) is 0 Å². The SMILES string of the molecule is CC(C)(C)c1ccc2oc3c(C(C)(C)C)cc(C(C)(C)C)cc3c2c1. The number of furan rings is 1. The number of hydrogen-bond donors (Lipinski definition) is 0. The highest BCUT2D eigenvalue weighted by Gasteiger charge is 2.26. The summed E-state index contributed by atoms with van der Waals surface area (Å²) in [4.78, 5) is 0. The molecule has 1 aromatic heterocycles. The molecule has 3 aromatic rings. The third-order valence-corrected chi connectivity index (χ3v) is 5.11. The van der Waals surface area contributed by atoms with Crippen molar-refractivity contribution in [1.29, 1.82) is 0 Å². The van der Waals surface area contributed by atoms with Crippen molar-refractivity contribution in [2.75, 3.05) is 0 Å². The highest BCUT2D eigenvalue weighted by Crippen LogP contribution is 2.40. The Kier molecular flexibility index (Phi) is 3.87. The molecule has 0 bridgehead atoms. The van der Waals surface area contributed by atoms with Gasteiger partial charge < -0.3 is 4.42 Å². The molecule has 0 saturated carbocycles. The van der Waals surface area contributed by atoms with E-state index >= 15 is 0 Å². The maximum absolute atomic E-state index is 6.35. The van der Waals surface area contributed by atoms with E-state index in [-0.39, 0.29) is 16.2 Å². The maximum atomic E-state index is 6.35. The van der Waals surface area contributed by atoms with E-state index in [2.05, 4.69) is 92.6 Å². The molecule has 0 N–H and O–H groups in total. The summed E-state index contributed by atoms with van der Waals surface area (Å²) >= 11 is 0. The monoisotopic (exact) mass is 336 g/mol. The van der Waals surface area contributed by atoms with E-state index in [9.17, 15) is 0 Å². The molecule has 0 saturated heterocycles. The van der Waals surface area contributed by atoms with Gasteiger partial charge in [-0.3, -0.25) is 0 Å². The van der Waals surface area contributed by atoms with E-state index in [4.69, 9.17) is 4.42 Å². The molecule has 1 heteroatoms. The highest BCUT2D eigenvalue weighted by atomic mass is 16.3. The Morgan fingerprint density at radius 3 is 1.68 bits per heavy atom. The standard InChI is InChI=1S/C24H32O/c1-22(2,3)15-10-11-20-17(12-15)18-13-16(23(4,5)6)14-19(21(18)25-20)24(7,8)9/h10-14H,1-9H3. The topological polar surface area (TPSA) is 13.1 Å². The summed E-state index contributed by atoms with van der Waals surface area (Å²) < 4.78 is 6.35. The zero-order valence-corrected chi connectivity index (χ0v) is 17.3. The van der Waals surface area contributed by atoms with E-state index in [1.54, 1.807) is 0 Å². The molecule has 0 unspecified atom stereocenters. The molecule has 1 heterocycles. The fraction of sp³-hybridized carbons (Fsp3) is 0.500. The van der Waals surface area contributed by atoms with Gasteiger partial charge in [0.1, 0.15) is 11.2 Å². The van der Waals surface area contributed by atoms with Crippen LogP contribution in [-0.4, -0.2) is 0 Å². The fourth-order valence-electron chi connectivity index (χ4n) is 3.33. The number of fused-ring (bicyclic) bond motifs is 3. The van der Waals surface area contributed by atoms with Gasteiger partial charge in [0, 0.05) is 16.3 Å². The van der Waals surface area contributed by atoms with Crippen LogP contribution in [0.2, 0.25) is 0 Å². The van der Waals surface area contributed by atoms with Gasteiger partial charge in [-0.05, 0) is 45.6 Å². The average molecular weight is 337 g/mol. The Bertz CT molecular complexity index is 935. The van der Waals surface area contributed by atoms with Gasteiger partial charge in [0.25, 0.3) is 0 Å². The molecular formula is C24H32O. The Balaban J connectivity index is 2.44. The Hall–Kier alpha value is -1.76. The van der Waals surface area contributed by atoms with Gasteiger partial charge in [-0.15, -0.1) is 0 Å². The second-order valence-electron chi connectivity index (χ2n) is 10.5. The molecule has 134 valence electrons. The normalized spacial score (nSPS) is 13.8. The van der Waals surface area contributed by atoms with Crippen LogP contribution in [0, 0.1) is 0 Å². The zero-order chi connectivity index (χ0) is 18.8. The first-order valence-electron chi connectivity index (χ1n) is 9.30. The van der Waals surface area contributed by atoms with Crippen molar-refractivity contribution in [2.45, 2.75) is 78.6 Å². The van der Waals surface area contributed by atoms with Gasteiger partial charge in [0.15, 0.2) is 0 Å². The largest absolute Gasteiger partial charge is 0.456 e. The number of hydrogen-bond acceptors (Lipinski definition) is 1. The van der Waals surface area contributed by atoms with Crippen molar-refractivity contribution in [1.82, 2.24) is 0 Å². The van der Waals surface area contributed by atoms with Crippen LogP contribution in [0.4, 0.5) is 0 Å². The lowest BCUT2D eigenvalue weighted by Gasteiger charge is -2.25. The second-order valence-corrected chi connectivity index (χ2v) is 10.5. The summed E-state index contributed by atoms with van der Waals surface area (Å²) in [5.74, 6) is 0. The maximum Gasteiger partial charge on any atom is 0.139 e. The summed E-state index contributed by atoms with van der Waals surface area (Å²) in [6, 6.07) is 11.3. The Labute approximate surface area is 152 Å². The first kappa shape index (κ1) is 18.0. The molecular weight excluding hydrogens is 304 g/mol. The quantitative estimate of drug-likeness (QED) is 0.415. The molecule has 0 aliphatic heterocycles. The van der Waals surface area contributed by atoms with Crippen LogP contribution in [0.25, 0.3) is 21.9 Å². The minimum atomic E-state index is 0.0419.